The van der Waals surface area contributed by atoms with Gasteiger partial charge < -0.3 is 4.90 Å². The minimum Gasteiger partial charge on any atom is -0.307 e. The van der Waals surface area contributed by atoms with Crippen LogP contribution in [0.15, 0.2) is 0 Å². The van der Waals surface area contributed by atoms with Crippen LogP contribution in [-0.4, -0.2) is 24.4 Å². The lowest BCUT2D eigenvalue weighted by Gasteiger charge is -2.09. The minimum absolute atomic E-state index is 0.202. The molecule has 1 amide bonds. The van der Waals surface area contributed by atoms with Crippen molar-refractivity contribution < 1.29 is 4.79 Å². The van der Waals surface area contributed by atoms with Gasteiger partial charge in [-0.2, -0.15) is 0 Å². The van der Waals surface area contributed by atoms with Crippen LogP contribution in [0.4, 0.5) is 0 Å². The summed E-state index contributed by atoms with van der Waals surface area (Å²) < 4.78 is 0. The first-order valence-electron chi connectivity index (χ1n) is 3.24. The standard InChI is InChI=1S/C7H14NO/c1-4-6-8(3)7(9)5-2/h4H,5-6H2,1-3H3/q+1. The predicted molar refractivity (Wildman–Crippen MR) is 37.9 cm³/mol. The van der Waals surface area contributed by atoms with E-state index < -0.39 is 0 Å². The Hall–Kier alpha value is -0.660. The monoisotopic (exact) mass is 128 g/mol. The molecule has 0 atom stereocenters. The van der Waals surface area contributed by atoms with Gasteiger partial charge >= 0.3 is 0 Å². The van der Waals surface area contributed by atoms with Crippen molar-refractivity contribution in [2.75, 3.05) is 13.6 Å². The highest BCUT2D eigenvalue weighted by molar-refractivity contribution is 5.75. The zero-order valence-corrected chi connectivity index (χ0v) is 6.35. The Kier molecular flexibility index (Phi) is 3.93. The summed E-state index contributed by atoms with van der Waals surface area (Å²) in [5.41, 5.74) is 0. The fraction of sp³-hybridized carbons (Fsp3) is 0.714. The maximum absolute atomic E-state index is 10.8. The first-order valence-corrected chi connectivity index (χ1v) is 3.24. The van der Waals surface area contributed by atoms with E-state index >= 15 is 0 Å². The number of hydrogen-bond donors (Lipinski definition) is 0. The third kappa shape index (κ3) is 3.01. The van der Waals surface area contributed by atoms with Crippen LogP contribution in [0.2, 0.25) is 0 Å². The Morgan fingerprint density at radius 2 is 2.22 bits per heavy atom. The molecule has 0 aromatic heterocycles. The predicted octanol–water partition coefficient (Wildman–Crippen LogP) is 1.08. The highest BCUT2D eigenvalue weighted by Gasteiger charge is 2.06. The molecule has 2 heteroatoms. The molecule has 52 valence electrons. The minimum atomic E-state index is 0.202. The second-order valence-corrected chi connectivity index (χ2v) is 2.04. The average Bonchev–Trinajstić information content (AvgIpc) is 1.87. The summed E-state index contributed by atoms with van der Waals surface area (Å²) in [6.07, 6.45) is 2.57. The molecule has 0 saturated heterocycles. The van der Waals surface area contributed by atoms with Gasteiger partial charge in [0, 0.05) is 13.5 Å². The summed E-state index contributed by atoms with van der Waals surface area (Å²) in [4.78, 5) is 12.5. The Balaban J connectivity index is 3.45. The number of carbonyl (C=O) groups is 1. The molecule has 0 N–H and O–H groups in total. The van der Waals surface area contributed by atoms with Gasteiger partial charge in [-0.1, -0.05) is 6.92 Å². The quantitative estimate of drug-likeness (QED) is 0.521. The molecule has 0 radical (unpaired) electrons. The fourth-order valence-corrected chi connectivity index (χ4v) is 0.646. The zero-order chi connectivity index (χ0) is 7.28. The summed E-state index contributed by atoms with van der Waals surface area (Å²) in [7, 11) is 1.81. The van der Waals surface area contributed by atoms with E-state index in [0.717, 1.165) is 6.54 Å². The topological polar surface area (TPSA) is 20.3 Å². The number of hydrogen-bond acceptors (Lipinski definition) is 1. The van der Waals surface area contributed by atoms with Gasteiger partial charge in [0.2, 0.25) is 5.91 Å². The molecule has 0 fully saturated rings. The molecule has 9 heavy (non-hydrogen) atoms. The molecular weight excluding hydrogens is 114 g/mol. The second kappa shape index (κ2) is 4.24. The van der Waals surface area contributed by atoms with Crippen molar-refractivity contribution in [3.8, 4) is 0 Å². The van der Waals surface area contributed by atoms with Gasteiger partial charge in [0.1, 0.15) is 0 Å². The Morgan fingerprint density at radius 3 is 2.56 bits per heavy atom. The molecule has 0 aliphatic heterocycles. The van der Waals surface area contributed by atoms with Gasteiger partial charge in [-0.25, -0.2) is 0 Å². The van der Waals surface area contributed by atoms with Crippen LogP contribution in [-0.2, 0) is 4.79 Å². The molecule has 0 aromatic rings. The van der Waals surface area contributed by atoms with E-state index in [0.29, 0.717) is 6.42 Å². The fourth-order valence-electron chi connectivity index (χ4n) is 0.646. The largest absolute Gasteiger partial charge is 0.307 e. The van der Waals surface area contributed by atoms with Gasteiger partial charge in [-0.05, 0) is 0 Å². The smallest absolute Gasteiger partial charge is 0.225 e. The summed E-state index contributed by atoms with van der Waals surface area (Å²) in [5, 5.41) is 0. The van der Waals surface area contributed by atoms with Gasteiger partial charge in [0.05, 0.1) is 13.3 Å². The van der Waals surface area contributed by atoms with Crippen LogP contribution < -0.4 is 0 Å². The van der Waals surface area contributed by atoms with Crippen molar-refractivity contribution in [3.05, 3.63) is 6.42 Å². The maximum atomic E-state index is 10.8. The lowest BCUT2D eigenvalue weighted by molar-refractivity contribution is -0.129. The SMILES string of the molecule is C[CH+]CN(C)C(=O)CC. The summed E-state index contributed by atoms with van der Waals surface area (Å²) in [5.74, 6) is 0.202. The van der Waals surface area contributed by atoms with Gasteiger partial charge in [-0.15, -0.1) is 0 Å². The molecule has 2 nitrogen and oxygen atoms in total. The normalized spacial score (nSPS) is 8.78. The second-order valence-electron chi connectivity index (χ2n) is 2.04. The van der Waals surface area contributed by atoms with Gasteiger partial charge in [0.25, 0.3) is 0 Å². The maximum Gasteiger partial charge on any atom is 0.225 e. The Bertz CT molecular complexity index is 90.9. The number of nitrogens with zero attached hydrogens (tertiary/aromatic N) is 1. The van der Waals surface area contributed by atoms with Gasteiger partial charge in [0.15, 0.2) is 6.54 Å². The van der Waals surface area contributed by atoms with Crippen molar-refractivity contribution in [2.45, 2.75) is 20.3 Å². The molecule has 0 rings (SSSR count). The van der Waals surface area contributed by atoms with E-state index in [2.05, 4.69) is 0 Å². The summed E-state index contributed by atoms with van der Waals surface area (Å²) in [6.45, 7) is 4.57. The van der Waals surface area contributed by atoms with Crippen LogP contribution in [0.3, 0.4) is 0 Å². The number of amides is 1. The van der Waals surface area contributed by atoms with Gasteiger partial charge in [-0.3, -0.25) is 4.79 Å². The molecule has 0 aromatic carbocycles. The van der Waals surface area contributed by atoms with E-state index in [4.69, 9.17) is 0 Å². The van der Waals surface area contributed by atoms with E-state index in [9.17, 15) is 4.79 Å². The Morgan fingerprint density at radius 1 is 1.67 bits per heavy atom. The van der Waals surface area contributed by atoms with Crippen molar-refractivity contribution in [2.24, 2.45) is 0 Å². The molecule has 0 bridgehead atoms. The van der Waals surface area contributed by atoms with E-state index in [1.165, 1.54) is 0 Å². The van der Waals surface area contributed by atoms with E-state index in [-0.39, 0.29) is 5.91 Å². The van der Waals surface area contributed by atoms with Crippen LogP contribution in [0.1, 0.15) is 20.3 Å². The highest BCUT2D eigenvalue weighted by atomic mass is 16.2. The van der Waals surface area contributed by atoms with Crippen LogP contribution >= 0.6 is 0 Å². The lowest BCUT2D eigenvalue weighted by Crippen LogP contribution is -2.26. The highest BCUT2D eigenvalue weighted by Crippen LogP contribution is 1.89. The van der Waals surface area contributed by atoms with Crippen molar-refractivity contribution in [1.82, 2.24) is 4.90 Å². The lowest BCUT2D eigenvalue weighted by atomic mass is 10.4. The van der Waals surface area contributed by atoms with Crippen LogP contribution in [0, 0.1) is 6.42 Å². The van der Waals surface area contributed by atoms with Crippen LogP contribution in [0.25, 0.3) is 0 Å². The average molecular weight is 128 g/mol. The summed E-state index contributed by atoms with van der Waals surface area (Å²) in [6, 6.07) is 0. The molecule has 0 unspecified atom stereocenters. The molecule has 0 heterocycles. The third-order valence-electron chi connectivity index (χ3n) is 1.18. The first kappa shape index (κ1) is 8.34. The first-order chi connectivity index (χ1) is 4.22. The molecule has 0 spiro atoms. The van der Waals surface area contributed by atoms with Crippen LogP contribution in [0.5, 0.6) is 0 Å². The van der Waals surface area contributed by atoms with Crippen molar-refractivity contribution in [1.29, 1.82) is 0 Å². The van der Waals surface area contributed by atoms with E-state index in [1.807, 2.05) is 27.3 Å². The Labute approximate surface area is 56.9 Å². The third-order valence-corrected chi connectivity index (χ3v) is 1.18. The summed E-state index contributed by atoms with van der Waals surface area (Å²) >= 11 is 0. The molecule has 0 saturated carbocycles. The number of rotatable bonds is 3. The van der Waals surface area contributed by atoms with E-state index in [1.54, 1.807) is 4.90 Å². The molecule has 0 aliphatic rings. The zero-order valence-electron chi connectivity index (χ0n) is 6.35. The molecular formula is C7H14NO+. The van der Waals surface area contributed by atoms with Crippen molar-refractivity contribution in [3.63, 3.8) is 0 Å². The molecule has 0 aliphatic carbocycles. The van der Waals surface area contributed by atoms with Crippen molar-refractivity contribution >= 4 is 5.91 Å². The number of carbonyl (C=O) groups excluding carboxylic acids is 1.